The topological polar surface area (TPSA) is 168 Å². The maximum Gasteiger partial charge on any atom is 0.321 e. The Kier molecular flexibility index (Phi) is 12.6. The number of nitrogens with one attached hydrogen (secondary N) is 2. The van der Waals surface area contributed by atoms with E-state index in [-0.39, 0.29) is 35.5 Å². The lowest BCUT2D eigenvalue weighted by molar-refractivity contribution is -0.139. The molecule has 4 amide bonds. The molecule has 5 N–H and O–H groups in total. The third-order valence-corrected chi connectivity index (χ3v) is 12.8. The number of halogens is 2. The molecule has 2 aromatic carbocycles. The lowest BCUT2D eigenvalue weighted by Crippen LogP contribution is -2.63. The molecular weight excluding hydrogens is 844 g/mol. The first-order valence-electron chi connectivity index (χ1n) is 19.4. The number of primary amides is 1. The summed E-state index contributed by atoms with van der Waals surface area (Å²) in [4.78, 5) is 71.4. The highest BCUT2D eigenvalue weighted by Crippen LogP contribution is 2.35. The van der Waals surface area contributed by atoms with E-state index in [0.29, 0.717) is 78.6 Å². The molecule has 13 nitrogen and oxygen atoms in total. The van der Waals surface area contributed by atoms with Crippen molar-refractivity contribution in [2.45, 2.75) is 56.5 Å². The Hall–Kier alpha value is -4.47. The number of carbonyl (C=O) groups excluding carboxylic acids is 3. The number of benzene rings is 2. The number of piperazine rings is 1. The van der Waals surface area contributed by atoms with Gasteiger partial charge in [0.25, 0.3) is 5.56 Å². The molecule has 5 heterocycles. The summed E-state index contributed by atoms with van der Waals surface area (Å²) < 4.78 is 0.839. The summed E-state index contributed by atoms with van der Waals surface area (Å²) in [6, 6.07) is 14.4. The van der Waals surface area contributed by atoms with Crippen LogP contribution < -0.4 is 21.5 Å². The fourth-order valence-electron chi connectivity index (χ4n) is 8.51. The number of anilines is 1. The van der Waals surface area contributed by atoms with Crippen LogP contribution in [-0.2, 0) is 16.0 Å². The number of para-hydroxylation sites is 1. The smallest absolute Gasteiger partial charge is 0.321 e. The Morgan fingerprint density at radius 3 is 2.20 bits per heavy atom. The zero-order valence-corrected chi connectivity index (χ0v) is 34.4. The van der Waals surface area contributed by atoms with Crippen LogP contribution in [0.1, 0.15) is 49.1 Å². The molecule has 0 aliphatic carbocycles. The van der Waals surface area contributed by atoms with Gasteiger partial charge in [0.2, 0.25) is 11.8 Å². The summed E-state index contributed by atoms with van der Waals surface area (Å²) in [5.74, 6) is -0.821. The highest BCUT2D eigenvalue weighted by molar-refractivity contribution is 9.11. The number of urea groups is 1. The minimum atomic E-state index is -1.17. The number of pyridine rings is 2. The molecule has 296 valence electrons. The SMILES string of the molecule is NC(=O)[C@H](Cc1cc(Br)c(O)c(Br)c1)N(C(=O)N1CCC(c2cc3ccccc3[nH]c2=O)CC1)[C@H](CC1CCNCC1)C(=O)N1CCN(c2ccncc2)CC1. The van der Waals surface area contributed by atoms with E-state index in [4.69, 9.17) is 5.73 Å². The van der Waals surface area contributed by atoms with Crippen molar-refractivity contribution in [1.82, 2.24) is 30.0 Å². The number of hydrogen-bond acceptors (Lipinski definition) is 8. The van der Waals surface area contributed by atoms with E-state index < -0.39 is 24.0 Å². The van der Waals surface area contributed by atoms with E-state index in [1.54, 1.807) is 29.4 Å². The predicted octanol–water partition coefficient (Wildman–Crippen LogP) is 4.96. The number of nitrogens with zero attached hydrogens (tertiary/aromatic N) is 5. The van der Waals surface area contributed by atoms with Crippen molar-refractivity contribution in [2.24, 2.45) is 11.7 Å². The zero-order chi connectivity index (χ0) is 39.3. The number of rotatable bonds is 10. The number of aromatic hydroxyl groups is 1. The van der Waals surface area contributed by atoms with Crippen molar-refractivity contribution in [3.8, 4) is 5.75 Å². The van der Waals surface area contributed by atoms with Gasteiger partial charge in [0, 0.05) is 74.9 Å². The molecule has 0 radical (unpaired) electrons. The average molecular weight is 893 g/mol. The van der Waals surface area contributed by atoms with Crippen LogP contribution in [-0.4, -0.2) is 112 Å². The lowest BCUT2D eigenvalue weighted by atomic mass is 9.88. The van der Waals surface area contributed by atoms with Crippen LogP contribution in [0.5, 0.6) is 5.75 Å². The molecule has 0 unspecified atom stereocenters. The van der Waals surface area contributed by atoms with Crippen LogP contribution in [0, 0.1) is 5.92 Å². The number of phenolic OH excluding ortho intramolecular Hbond substituents is 1. The Bertz CT molecular complexity index is 2070. The molecule has 3 aliphatic rings. The zero-order valence-electron chi connectivity index (χ0n) is 31.2. The molecule has 3 aliphatic heterocycles. The molecule has 0 spiro atoms. The van der Waals surface area contributed by atoms with Gasteiger partial charge in [0.05, 0.1) is 8.95 Å². The van der Waals surface area contributed by atoms with Crippen LogP contribution in [0.15, 0.2) is 80.7 Å². The number of fused-ring (bicyclic) bond motifs is 1. The van der Waals surface area contributed by atoms with E-state index in [2.05, 4.69) is 52.0 Å². The van der Waals surface area contributed by atoms with Gasteiger partial charge in [-0.2, -0.15) is 0 Å². The van der Waals surface area contributed by atoms with Crippen molar-refractivity contribution in [3.63, 3.8) is 0 Å². The van der Waals surface area contributed by atoms with Gasteiger partial charge in [0.15, 0.2) is 0 Å². The number of phenols is 1. The molecule has 3 fully saturated rings. The highest BCUT2D eigenvalue weighted by Gasteiger charge is 2.44. The fourth-order valence-corrected chi connectivity index (χ4v) is 9.79. The van der Waals surface area contributed by atoms with Crippen LogP contribution in [0.2, 0.25) is 0 Å². The number of aromatic nitrogens is 2. The summed E-state index contributed by atoms with van der Waals surface area (Å²) >= 11 is 6.81. The van der Waals surface area contributed by atoms with Gasteiger partial charge in [-0.1, -0.05) is 18.2 Å². The van der Waals surface area contributed by atoms with Crippen molar-refractivity contribution in [2.75, 3.05) is 57.3 Å². The molecular formula is C41H48Br2N8O5. The molecule has 4 aromatic rings. The fraction of sp³-hybridized carbons (Fsp3) is 0.439. The second kappa shape index (κ2) is 17.8. The normalized spacial score (nSPS) is 18.1. The molecule has 3 saturated heterocycles. The van der Waals surface area contributed by atoms with E-state index in [0.717, 1.165) is 42.5 Å². The van der Waals surface area contributed by atoms with Crippen molar-refractivity contribution in [3.05, 3.63) is 97.4 Å². The van der Waals surface area contributed by atoms with Gasteiger partial charge in [0.1, 0.15) is 17.8 Å². The van der Waals surface area contributed by atoms with Gasteiger partial charge in [-0.25, -0.2) is 4.79 Å². The van der Waals surface area contributed by atoms with Crippen molar-refractivity contribution >= 4 is 66.3 Å². The number of H-pyrrole nitrogens is 1. The third-order valence-electron chi connectivity index (χ3n) is 11.6. The summed E-state index contributed by atoms with van der Waals surface area (Å²) in [6.45, 7) is 4.42. The second-order valence-electron chi connectivity index (χ2n) is 15.1. The van der Waals surface area contributed by atoms with E-state index in [1.807, 2.05) is 47.4 Å². The Morgan fingerprint density at radius 2 is 1.54 bits per heavy atom. The highest BCUT2D eigenvalue weighted by atomic mass is 79.9. The Labute approximate surface area is 342 Å². The molecule has 0 bridgehead atoms. The van der Waals surface area contributed by atoms with Gasteiger partial charge >= 0.3 is 6.03 Å². The molecule has 56 heavy (non-hydrogen) atoms. The number of aromatic amines is 1. The first-order chi connectivity index (χ1) is 27.1. The number of hydrogen-bond donors (Lipinski definition) is 4. The quantitative estimate of drug-likeness (QED) is 0.174. The van der Waals surface area contributed by atoms with E-state index in [1.165, 1.54) is 4.90 Å². The summed E-state index contributed by atoms with van der Waals surface area (Å²) in [7, 11) is 0. The monoisotopic (exact) mass is 890 g/mol. The standard InChI is InChI=1S/C41H48Br2N8O5/c42-32-21-27(22-33(43)37(32)52)24-35(38(44)53)51(41(56)50-15-9-28(10-16-50)31-25-29-3-1-2-4-34(29)47-39(31)54)36(23-26-5-11-45-12-6-26)40(55)49-19-17-48(18-20-49)30-7-13-46-14-8-30/h1-4,7-8,13-14,21-22,25-26,28,35-36,45,52H,5-6,9-12,15-20,23-24H2,(H2,44,53)(H,47,54)/t35-,36+/m0/s1. The second-order valence-corrected chi connectivity index (χ2v) is 16.8. The molecule has 7 rings (SSSR count). The van der Waals surface area contributed by atoms with Crippen LogP contribution >= 0.6 is 31.9 Å². The van der Waals surface area contributed by atoms with Gasteiger partial charge in [-0.3, -0.25) is 19.4 Å². The first kappa shape index (κ1) is 39.8. The molecule has 0 saturated carbocycles. The minimum Gasteiger partial charge on any atom is -0.506 e. The van der Waals surface area contributed by atoms with Crippen molar-refractivity contribution < 1.29 is 19.5 Å². The summed E-state index contributed by atoms with van der Waals surface area (Å²) in [5, 5.41) is 14.8. The number of nitrogens with two attached hydrogens (primary N) is 1. The minimum absolute atomic E-state index is 0.00954. The maximum absolute atomic E-state index is 15.1. The number of piperidine rings is 2. The summed E-state index contributed by atoms with van der Waals surface area (Å²) in [5.41, 5.74) is 9.26. The Balaban J connectivity index is 1.20. The Morgan fingerprint density at radius 1 is 0.875 bits per heavy atom. The maximum atomic E-state index is 15.1. The number of likely N-dealkylation sites (tertiary alicyclic amines) is 1. The first-order valence-corrected chi connectivity index (χ1v) is 21.0. The largest absolute Gasteiger partial charge is 0.506 e. The van der Waals surface area contributed by atoms with E-state index in [9.17, 15) is 19.5 Å². The van der Waals surface area contributed by atoms with E-state index >= 15 is 4.79 Å². The third kappa shape index (κ3) is 8.89. The summed E-state index contributed by atoms with van der Waals surface area (Å²) in [6.07, 6.45) is 6.71. The van der Waals surface area contributed by atoms with Crippen LogP contribution in [0.4, 0.5) is 10.5 Å². The molecule has 2 aromatic heterocycles. The lowest BCUT2D eigenvalue weighted by Gasteiger charge is -2.45. The molecule has 15 heteroatoms. The van der Waals surface area contributed by atoms with Crippen molar-refractivity contribution in [1.29, 1.82) is 0 Å². The molecule has 2 atom stereocenters. The average Bonchev–Trinajstić information content (AvgIpc) is 3.22. The number of amides is 4. The van der Waals surface area contributed by atoms with Crippen LogP contribution in [0.3, 0.4) is 0 Å². The van der Waals surface area contributed by atoms with Gasteiger partial charge < -0.3 is 40.7 Å². The van der Waals surface area contributed by atoms with Crippen LogP contribution in [0.25, 0.3) is 10.9 Å². The van der Waals surface area contributed by atoms with Gasteiger partial charge in [-0.15, -0.1) is 0 Å². The predicted molar refractivity (Wildman–Crippen MR) is 223 cm³/mol. The van der Waals surface area contributed by atoms with Gasteiger partial charge in [-0.05, 0) is 136 Å². The number of carbonyl (C=O) groups is 3.